The molecule has 0 saturated carbocycles. The highest BCUT2D eigenvalue weighted by molar-refractivity contribution is 5.77. The van der Waals surface area contributed by atoms with E-state index >= 15 is 0 Å². The Kier molecular flexibility index (Phi) is 5.53. The summed E-state index contributed by atoms with van der Waals surface area (Å²) in [4.78, 5) is 16.2. The van der Waals surface area contributed by atoms with Crippen molar-refractivity contribution in [2.24, 2.45) is 0 Å². The molecule has 0 fully saturated rings. The molecule has 0 bridgehead atoms. The van der Waals surface area contributed by atoms with Gasteiger partial charge in [0, 0.05) is 6.61 Å². The minimum absolute atomic E-state index is 0.0633. The van der Waals surface area contributed by atoms with E-state index in [4.69, 9.17) is 9.94 Å². The Bertz CT molecular complexity index is 322. The van der Waals surface area contributed by atoms with Crippen LogP contribution in [0.15, 0.2) is 24.3 Å². The van der Waals surface area contributed by atoms with Crippen molar-refractivity contribution in [1.29, 1.82) is 0 Å². The van der Waals surface area contributed by atoms with Gasteiger partial charge in [-0.2, -0.15) is 0 Å². The van der Waals surface area contributed by atoms with Gasteiger partial charge < -0.3 is 5.11 Å². The third-order valence-electron chi connectivity index (χ3n) is 2.08. The summed E-state index contributed by atoms with van der Waals surface area (Å²) in [5.41, 5.74) is 4.45. The molecule has 4 nitrogen and oxygen atoms in total. The highest BCUT2D eigenvalue weighted by atomic mass is 16.6. The van der Waals surface area contributed by atoms with Crippen molar-refractivity contribution < 1.29 is 14.7 Å². The maximum Gasteiger partial charge on any atom is 0.247 e. The number of hydrogen-bond donors (Lipinski definition) is 2. The number of hydrogen-bond acceptors (Lipinski definition) is 3. The molecule has 0 aliphatic rings. The van der Waals surface area contributed by atoms with Crippen LogP contribution in [0.5, 0.6) is 0 Å². The van der Waals surface area contributed by atoms with Crippen LogP contribution >= 0.6 is 0 Å². The molecule has 88 valence electrons. The Hall–Kier alpha value is -1.39. The summed E-state index contributed by atoms with van der Waals surface area (Å²) in [5, 5.41) is 8.50. The van der Waals surface area contributed by atoms with Crippen molar-refractivity contribution in [1.82, 2.24) is 5.48 Å². The van der Waals surface area contributed by atoms with Gasteiger partial charge in [-0.15, -0.1) is 0 Å². The molecular weight excluding hydrogens is 206 g/mol. The molecule has 0 aliphatic heterocycles. The van der Waals surface area contributed by atoms with Crippen molar-refractivity contribution in [3.05, 3.63) is 35.4 Å². The normalized spacial score (nSPS) is 10.1. The minimum atomic E-state index is -0.179. The molecule has 0 aliphatic carbocycles. The molecule has 16 heavy (non-hydrogen) atoms. The van der Waals surface area contributed by atoms with Crippen LogP contribution in [-0.4, -0.2) is 24.2 Å². The second-order valence-electron chi connectivity index (χ2n) is 3.61. The number of carbonyl (C=O) groups excluding carboxylic acids is 1. The van der Waals surface area contributed by atoms with Gasteiger partial charge >= 0.3 is 0 Å². The number of aryl methyl sites for hydroxylation is 1. The number of hydroxylamine groups is 1. The number of carbonyl (C=O) groups is 1. The molecular formula is C12H17NO3. The summed E-state index contributed by atoms with van der Waals surface area (Å²) in [6.07, 6.45) is 0.824. The summed E-state index contributed by atoms with van der Waals surface area (Å²) in [7, 11) is 0. The smallest absolute Gasteiger partial charge is 0.247 e. The molecule has 1 amide bonds. The van der Waals surface area contributed by atoms with Gasteiger partial charge in [0.1, 0.15) is 0 Å². The molecule has 0 unspecified atom stereocenters. The van der Waals surface area contributed by atoms with E-state index in [9.17, 15) is 4.79 Å². The van der Waals surface area contributed by atoms with E-state index in [-0.39, 0.29) is 12.5 Å². The van der Waals surface area contributed by atoms with Crippen LogP contribution < -0.4 is 5.48 Å². The molecule has 2 N–H and O–H groups in total. The molecule has 1 aromatic carbocycles. The topological polar surface area (TPSA) is 58.6 Å². The lowest BCUT2D eigenvalue weighted by molar-refractivity contribution is -0.133. The molecule has 0 spiro atoms. The Balaban J connectivity index is 2.26. The highest BCUT2D eigenvalue weighted by Crippen LogP contribution is 2.03. The average molecular weight is 223 g/mol. The predicted molar refractivity (Wildman–Crippen MR) is 60.7 cm³/mol. The molecule has 1 aromatic rings. The number of benzene rings is 1. The number of rotatable bonds is 6. The molecule has 0 radical (unpaired) electrons. The van der Waals surface area contributed by atoms with Crippen LogP contribution in [0.2, 0.25) is 0 Å². The van der Waals surface area contributed by atoms with Gasteiger partial charge in [-0.3, -0.25) is 9.63 Å². The summed E-state index contributed by atoms with van der Waals surface area (Å²) < 4.78 is 0. The first-order valence-electron chi connectivity index (χ1n) is 5.29. The fraction of sp³-hybridized carbons (Fsp3) is 0.417. The number of nitrogens with one attached hydrogen (secondary N) is 1. The first kappa shape index (κ1) is 12.7. The quantitative estimate of drug-likeness (QED) is 0.558. The number of amides is 1. The largest absolute Gasteiger partial charge is 0.396 e. The lowest BCUT2D eigenvalue weighted by Crippen LogP contribution is -2.26. The van der Waals surface area contributed by atoms with Gasteiger partial charge in [-0.1, -0.05) is 29.8 Å². The Morgan fingerprint density at radius 2 is 2.06 bits per heavy atom. The average Bonchev–Trinajstić information content (AvgIpc) is 2.28. The monoisotopic (exact) mass is 223 g/mol. The fourth-order valence-corrected chi connectivity index (χ4v) is 1.20. The second-order valence-corrected chi connectivity index (χ2v) is 3.61. The molecule has 0 aromatic heterocycles. The molecule has 0 saturated heterocycles. The van der Waals surface area contributed by atoms with Crippen LogP contribution in [0.3, 0.4) is 0 Å². The van der Waals surface area contributed by atoms with Crippen LogP contribution in [0.25, 0.3) is 0 Å². The van der Waals surface area contributed by atoms with Crippen molar-refractivity contribution in [3.8, 4) is 0 Å². The van der Waals surface area contributed by atoms with E-state index in [2.05, 4.69) is 5.48 Å². The summed E-state index contributed by atoms with van der Waals surface area (Å²) >= 11 is 0. The maximum absolute atomic E-state index is 11.4. The summed E-state index contributed by atoms with van der Waals surface area (Å²) in [6.45, 7) is 2.39. The molecule has 0 atom stereocenters. The fourth-order valence-electron chi connectivity index (χ4n) is 1.20. The van der Waals surface area contributed by atoms with Crippen molar-refractivity contribution in [3.63, 3.8) is 0 Å². The van der Waals surface area contributed by atoms with E-state index in [0.29, 0.717) is 19.4 Å². The first-order chi connectivity index (χ1) is 7.72. The molecule has 0 heterocycles. The van der Waals surface area contributed by atoms with Crippen LogP contribution in [0.4, 0.5) is 0 Å². The van der Waals surface area contributed by atoms with Gasteiger partial charge in [0.15, 0.2) is 0 Å². The third-order valence-corrected chi connectivity index (χ3v) is 2.08. The Labute approximate surface area is 95.2 Å². The lowest BCUT2D eigenvalue weighted by Gasteiger charge is -2.05. The van der Waals surface area contributed by atoms with Crippen molar-refractivity contribution >= 4 is 5.91 Å². The highest BCUT2D eigenvalue weighted by Gasteiger charge is 2.02. The first-order valence-corrected chi connectivity index (χ1v) is 5.29. The zero-order valence-corrected chi connectivity index (χ0v) is 9.40. The van der Waals surface area contributed by atoms with Crippen LogP contribution in [-0.2, 0) is 16.1 Å². The zero-order valence-electron chi connectivity index (χ0n) is 9.40. The van der Waals surface area contributed by atoms with Gasteiger partial charge in [-0.05, 0) is 18.9 Å². The van der Waals surface area contributed by atoms with Crippen LogP contribution in [0, 0.1) is 6.92 Å². The Morgan fingerprint density at radius 1 is 1.38 bits per heavy atom. The lowest BCUT2D eigenvalue weighted by atomic mass is 10.1. The standard InChI is InChI=1S/C12H17NO3/c1-10-3-5-11(6-4-10)9-12(15)13-16-8-2-7-14/h3-6,14H,2,7-9H2,1H3,(H,13,15). The van der Waals surface area contributed by atoms with Crippen molar-refractivity contribution in [2.45, 2.75) is 19.8 Å². The van der Waals surface area contributed by atoms with Gasteiger partial charge in [0.2, 0.25) is 5.91 Å². The van der Waals surface area contributed by atoms with Gasteiger partial charge in [-0.25, -0.2) is 5.48 Å². The summed E-state index contributed by atoms with van der Waals surface area (Å²) in [6, 6.07) is 7.77. The van der Waals surface area contributed by atoms with E-state index < -0.39 is 0 Å². The number of aliphatic hydroxyl groups excluding tert-OH is 1. The zero-order chi connectivity index (χ0) is 11.8. The van der Waals surface area contributed by atoms with Gasteiger partial charge in [0.25, 0.3) is 0 Å². The van der Waals surface area contributed by atoms with E-state index in [1.807, 2.05) is 31.2 Å². The van der Waals surface area contributed by atoms with Gasteiger partial charge in [0.05, 0.1) is 13.0 Å². The predicted octanol–water partition coefficient (Wildman–Crippen LogP) is 0.968. The van der Waals surface area contributed by atoms with E-state index in [0.717, 1.165) is 5.56 Å². The molecule has 4 heteroatoms. The maximum atomic E-state index is 11.4. The minimum Gasteiger partial charge on any atom is -0.396 e. The third kappa shape index (κ3) is 4.91. The second kappa shape index (κ2) is 6.98. The number of aliphatic hydroxyl groups is 1. The van der Waals surface area contributed by atoms with E-state index in [1.165, 1.54) is 5.56 Å². The Morgan fingerprint density at radius 3 is 2.69 bits per heavy atom. The molecule has 1 rings (SSSR count). The van der Waals surface area contributed by atoms with Crippen molar-refractivity contribution in [2.75, 3.05) is 13.2 Å². The van der Waals surface area contributed by atoms with Crippen LogP contribution in [0.1, 0.15) is 17.5 Å². The van der Waals surface area contributed by atoms with E-state index in [1.54, 1.807) is 0 Å². The summed E-state index contributed by atoms with van der Waals surface area (Å²) in [5.74, 6) is -0.179. The SMILES string of the molecule is Cc1ccc(CC(=O)NOCCCO)cc1.